The standard InChI is InChI=1S/C25H42N6OS.2BrH/c1-19(2)31(20(3)4)15-14-26-24-23(33-8)22(18-32-17-16-29(5)6)27-25(28-24)30(7)21-12-10-9-11-13-21;;/h9-13,19-20H,14-18H2,1-8H3,(H,26,27,28);2*1H. The Kier molecular flexibility index (Phi) is 17.1. The number of likely N-dealkylation sites (N-methyl/N-ethyl adjacent to an activating group) is 1. The number of benzene rings is 1. The van der Waals surface area contributed by atoms with Gasteiger partial charge in [-0.25, -0.2) is 4.98 Å². The molecule has 1 heterocycles. The maximum atomic E-state index is 5.97. The van der Waals surface area contributed by atoms with Gasteiger partial charge in [0.15, 0.2) is 0 Å². The van der Waals surface area contributed by atoms with Gasteiger partial charge in [0, 0.05) is 44.5 Å². The molecule has 0 atom stereocenters. The minimum atomic E-state index is 0. The number of thioether (sulfide) groups is 1. The van der Waals surface area contributed by atoms with E-state index in [9.17, 15) is 0 Å². The molecular weight excluding hydrogens is 592 g/mol. The van der Waals surface area contributed by atoms with Crippen LogP contribution in [0.3, 0.4) is 0 Å². The molecule has 200 valence electrons. The minimum absolute atomic E-state index is 0. The fraction of sp³-hybridized carbons (Fsp3) is 0.600. The summed E-state index contributed by atoms with van der Waals surface area (Å²) in [5.41, 5.74) is 1.96. The molecule has 1 aromatic carbocycles. The summed E-state index contributed by atoms with van der Waals surface area (Å²) < 4.78 is 5.97. The van der Waals surface area contributed by atoms with Crippen molar-refractivity contribution >= 4 is 63.2 Å². The molecule has 0 aliphatic carbocycles. The van der Waals surface area contributed by atoms with E-state index in [1.807, 2.05) is 44.2 Å². The molecule has 35 heavy (non-hydrogen) atoms. The van der Waals surface area contributed by atoms with E-state index in [0.717, 1.165) is 41.7 Å². The molecule has 0 radical (unpaired) electrons. The first-order valence-corrected chi connectivity index (χ1v) is 12.9. The number of hydrogen-bond acceptors (Lipinski definition) is 8. The number of anilines is 3. The smallest absolute Gasteiger partial charge is 0.231 e. The second-order valence-electron chi connectivity index (χ2n) is 8.95. The molecule has 0 unspecified atom stereocenters. The molecule has 0 aliphatic rings. The highest BCUT2D eigenvalue weighted by atomic mass is 79.9. The van der Waals surface area contributed by atoms with Crippen LogP contribution in [-0.4, -0.2) is 85.5 Å². The van der Waals surface area contributed by atoms with E-state index in [0.29, 0.717) is 31.2 Å². The SMILES string of the molecule is Br.Br.CSc1c(COCCN(C)C)nc(N(C)c2ccccc2)nc1NCCN(C(C)C)C(C)C. The summed E-state index contributed by atoms with van der Waals surface area (Å²) in [6, 6.07) is 11.2. The van der Waals surface area contributed by atoms with Crippen LogP contribution >= 0.6 is 45.7 Å². The molecule has 0 amide bonds. The zero-order valence-corrected chi connectivity index (χ0v) is 26.7. The summed E-state index contributed by atoms with van der Waals surface area (Å²) in [4.78, 5) is 17.5. The number of halogens is 2. The summed E-state index contributed by atoms with van der Waals surface area (Å²) in [7, 11) is 6.10. The van der Waals surface area contributed by atoms with Crippen LogP contribution in [0, 0.1) is 0 Å². The Morgan fingerprint density at radius 2 is 1.57 bits per heavy atom. The Balaban J connectivity index is 0.00000578. The normalized spacial score (nSPS) is 11.1. The quantitative estimate of drug-likeness (QED) is 0.209. The Labute approximate surface area is 237 Å². The predicted molar refractivity (Wildman–Crippen MR) is 163 cm³/mol. The van der Waals surface area contributed by atoms with Crippen LogP contribution in [0.15, 0.2) is 35.2 Å². The molecular formula is C25H44Br2N6OS. The van der Waals surface area contributed by atoms with Crippen LogP contribution in [-0.2, 0) is 11.3 Å². The second-order valence-corrected chi connectivity index (χ2v) is 9.77. The van der Waals surface area contributed by atoms with Gasteiger partial charge in [-0.2, -0.15) is 4.98 Å². The van der Waals surface area contributed by atoms with E-state index in [2.05, 4.69) is 61.2 Å². The second kappa shape index (κ2) is 17.5. The van der Waals surface area contributed by atoms with Crippen LogP contribution in [0.4, 0.5) is 17.5 Å². The summed E-state index contributed by atoms with van der Waals surface area (Å²) in [5.74, 6) is 1.53. The van der Waals surface area contributed by atoms with Crippen molar-refractivity contribution in [2.24, 2.45) is 0 Å². The van der Waals surface area contributed by atoms with Gasteiger partial charge in [-0.1, -0.05) is 18.2 Å². The highest BCUT2D eigenvalue weighted by Crippen LogP contribution is 2.31. The van der Waals surface area contributed by atoms with Gasteiger partial charge in [0.05, 0.1) is 23.8 Å². The van der Waals surface area contributed by atoms with Gasteiger partial charge in [-0.05, 0) is 60.2 Å². The Hall–Kier alpha value is -0.910. The van der Waals surface area contributed by atoms with E-state index in [-0.39, 0.29) is 34.0 Å². The van der Waals surface area contributed by atoms with Crippen LogP contribution in [0.5, 0.6) is 0 Å². The molecule has 0 spiro atoms. The fourth-order valence-corrected chi connectivity index (χ4v) is 4.32. The number of nitrogens with one attached hydrogen (secondary N) is 1. The van der Waals surface area contributed by atoms with Gasteiger partial charge in [0.2, 0.25) is 5.95 Å². The van der Waals surface area contributed by atoms with E-state index < -0.39 is 0 Å². The van der Waals surface area contributed by atoms with Gasteiger partial charge in [0.1, 0.15) is 5.82 Å². The van der Waals surface area contributed by atoms with Crippen LogP contribution in [0.1, 0.15) is 33.4 Å². The summed E-state index contributed by atoms with van der Waals surface area (Å²) >= 11 is 1.66. The minimum Gasteiger partial charge on any atom is -0.374 e. The van der Waals surface area contributed by atoms with Gasteiger partial charge < -0.3 is 19.9 Å². The average Bonchev–Trinajstić information content (AvgIpc) is 2.78. The zero-order valence-electron chi connectivity index (χ0n) is 22.4. The number of ether oxygens (including phenoxy) is 1. The van der Waals surface area contributed by atoms with E-state index in [1.165, 1.54) is 0 Å². The molecule has 7 nitrogen and oxygen atoms in total. The number of aromatic nitrogens is 2. The molecule has 0 bridgehead atoms. The first-order valence-electron chi connectivity index (χ1n) is 11.7. The van der Waals surface area contributed by atoms with Gasteiger partial charge in [-0.3, -0.25) is 4.90 Å². The van der Waals surface area contributed by atoms with E-state index in [1.54, 1.807) is 11.8 Å². The van der Waals surface area contributed by atoms with Crippen molar-refractivity contribution in [1.29, 1.82) is 0 Å². The lowest BCUT2D eigenvalue weighted by molar-refractivity contribution is 0.101. The number of rotatable bonds is 14. The maximum absolute atomic E-state index is 5.97. The fourth-order valence-electron chi connectivity index (χ4n) is 3.67. The van der Waals surface area contributed by atoms with Gasteiger partial charge in [-0.15, -0.1) is 45.7 Å². The van der Waals surface area contributed by atoms with Gasteiger partial charge in [0.25, 0.3) is 0 Å². The third-order valence-corrected chi connectivity index (χ3v) is 6.32. The summed E-state index contributed by atoms with van der Waals surface area (Å²) in [6.45, 7) is 12.7. The zero-order chi connectivity index (χ0) is 24.4. The molecule has 0 saturated heterocycles. The van der Waals surface area contributed by atoms with Crippen molar-refractivity contribution in [3.8, 4) is 0 Å². The highest BCUT2D eigenvalue weighted by molar-refractivity contribution is 8.93. The molecule has 0 fully saturated rings. The third-order valence-electron chi connectivity index (χ3n) is 5.48. The molecule has 0 aliphatic heterocycles. The van der Waals surface area contributed by atoms with Crippen LogP contribution < -0.4 is 10.2 Å². The Morgan fingerprint density at radius 3 is 2.11 bits per heavy atom. The monoisotopic (exact) mass is 634 g/mol. The third kappa shape index (κ3) is 10.9. The summed E-state index contributed by atoms with van der Waals surface area (Å²) in [6.07, 6.45) is 2.07. The van der Waals surface area contributed by atoms with Crippen LogP contribution in [0.25, 0.3) is 0 Å². The predicted octanol–water partition coefficient (Wildman–Crippen LogP) is 5.73. The number of hydrogen-bond donors (Lipinski definition) is 1. The average molecular weight is 637 g/mol. The van der Waals surface area contributed by atoms with Crippen molar-refractivity contribution in [2.45, 2.75) is 51.3 Å². The van der Waals surface area contributed by atoms with Gasteiger partial charge >= 0.3 is 0 Å². The lowest BCUT2D eigenvalue weighted by atomic mass is 10.2. The largest absolute Gasteiger partial charge is 0.374 e. The molecule has 1 N–H and O–H groups in total. The summed E-state index contributed by atoms with van der Waals surface area (Å²) in [5, 5.41) is 3.60. The van der Waals surface area contributed by atoms with Crippen molar-refractivity contribution in [2.75, 3.05) is 63.9 Å². The van der Waals surface area contributed by atoms with E-state index >= 15 is 0 Å². The Bertz CT molecular complexity index is 834. The molecule has 1 aromatic heterocycles. The molecule has 2 rings (SSSR count). The first-order chi connectivity index (χ1) is 15.7. The molecule has 2 aromatic rings. The maximum Gasteiger partial charge on any atom is 0.231 e. The lowest BCUT2D eigenvalue weighted by Crippen LogP contribution is -2.40. The Morgan fingerprint density at radius 1 is 0.943 bits per heavy atom. The lowest BCUT2D eigenvalue weighted by Gasteiger charge is -2.30. The molecule has 0 saturated carbocycles. The first kappa shape index (κ1) is 34.1. The van der Waals surface area contributed by atoms with Crippen molar-refractivity contribution in [1.82, 2.24) is 19.8 Å². The van der Waals surface area contributed by atoms with E-state index in [4.69, 9.17) is 14.7 Å². The number of para-hydroxylation sites is 1. The highest BCUT2D eigenvalue weighted by Gasteiger charge is 2.18. The number of nitrogens with zero attached hydrogens (tertiary/aromatic N) is 5. The van der Waals surface area contributed by atoms with Crippen LogP contribution in [0.2, 0.25) is 0 Å². The van der Waals surface area contributed by atoms with Crippen molar-refractivity contribution < 1.29 is 4.74 Å². The van der Waals surface area contributed by atoms with Crippen molar-refractivity contribution in [3.63, 3.8) is 0 Å². The topological polar surface area (TPSA) is 56.8 Å². The van der Waals surface area contributed by atoms with Crippen molar-refractivity contribution in [3.05, 3.63) is 36.0 Å². The molecule has 10 heteroatoms.